The van der Waals surface area contributed by atoms with Crippen molar-refractivity contribution >= 4 is 0 Å². The van der Waals surface area contributed by atoms with Gasteiger partial charge in [-0.15, -0.1) is 0 Å². The van der Waals surface area contributed by atoms with Crippen molar-refractivity contribution in [3.05, 3.63) is 65.2 Å². The van der Waals surface area contributed by atoms with E-state index in [2.05, 4.69) is 42.6 Å². The summed E-state index contributed by atoms with van der Waals surface area (Å²) >= 11 is 0. The molecular formula is C19H23NO. The Hall–Kier alpha value is -1.80. The predicted molar refractivity (Wildman–Crippen MR) is 86.8 cm³/mol. The summed E-state index contributed by atoms with van der Waals surface area (Å²) in [5.41, 5.74) is 3.95. The van der Waals surface area contributed by atoms with Crippen molar-refractivity contribution in [3.8, 4) is 5.75 Å². The van der Waals surface area contributed by atoms with Gasteiger partial charge in [-0.2, -0.15) is 0 Å². The maximum Gasteiger partial charge on any atom is 0.115 e. The standard InChI is InChI=1S/C19H23NO/c1-14-5-2-3-8-19(14)16(13-20-17-9-10-17)11-15-6-4-7-18(21)12-15/h2-8,12,16-17,20-21H,9-11,13H2,1H3. The maximum absolute atomic E-state index is 9.66. The minimum Gasteiger partial charge on any atom is -0.508 e. The van der Waals surface area contributed by atoms with Gasteiger partial charge in [0.2, 0.25) is 0 Å². The molecule has 0 bridgehead atoms. The Labute approximate surface area is 126 Å². The molecule has 2 aromatic carbocycles. The lowest BCUT2D eigenvalue weighted by Gasteiger charge is -2.20. The maximum atomic E-state index is 9.66. The second-order valence-corrected chi connectivity index (χ2v) is 6.11. The van der Waals surface area contributed by atoms with Gasteiger partial charge in [0.1, 0.15) is 5.75 Å². The van der Waals surface area contributed by atoms with Crippen LogP contribution in [0.4, 0.5) is 0 Å². The molecule has 1 saturated carbocycles. The lowest BCUT2D eigenvalue weighted by molar-refractivity contribution is 0.474. The molecule has 0 aromatic heterocycles. The fourth-order valence-corrected chi connectivity index (χ4v) is 2.90. The Morgan fingerprint density at radius 3 is 2.67 bits per heavy atom. The van der Waals surface area contributed by atoms with Gasteiger partial charge in [0.05, 0.1) is 0 Å². The van der Waals surface area contributed by atoms with Gasteiger partial charge in [0, 0.05) is 18.5 Å². The number of benzene rings is 2. The highest BCUT2D eigenvalue weighted by molar-refractivity contribution is 5.33. The molecule has 1 aliphatic rings. The van der Waals surface area contributed by atoms with Gasteiger partial charge in [0.25, 0.3) is 0 Å². The van der Waals surface area contributed by atoms with Crippen LogP contribution in [0.5, 0.6) is 5.75 Å². The van der Waals surface area contributed by atoms with E-state index in [0.717, 1.165) is 19.0 Å². The van der Waals surface area contributed by atoms with Gasteiger partial charge in [-0.1, -0.05) is 36.4 Å². The van der Waals surface area contributed by atoms with E-state index in [-0.39, 0.29) is 0 Å². The van der Waals surface area contributed by atoms with Crippen molar-refractivity contribution in [2.45, 2.75) is 38.1 Å². The zero-order chi connectivity index (χ0) is 14.7. The number of hydrogen-bond donors (Lipinski definition) is 2. The normalized spacial score (nSPS) is 15.9. The molecule has 2 N–H and O–H groups in total. The average Bonchev–Trinajstić information content (AvgIpc) is 3.28. The molecule has 0 amide bonds. The molecule has 0 radical (unpaired) electrons. The van der Waals surface area contributed by atoms with Crippen molar-refractivity contribution in [3.63, 3.8) is 0 Å². The van der Waals surface area contributed by atoms with Crippen LogP contribution in [-0.2, 0) is 6.42 Å². The number of rotatable bonds is 6. The summed E-state index contributed by atoms with van der Waals surface area (Å²) in [6.45, 7) is 3.19. The molecule has 110 valence electrons. The predicted octanol–water partition coefficient (Wildman–Crippen LogP) is 3.78. The van der Waals surface area contributed by atoms with Crippen LogP contribution >= 0.6 is 0 Å². The quantitative estimate of drug-likeness (QED) is 0.844. The van der Waals surface area contributed by atoms with Gasteiger partial charge in [-0.05, 0) is 55.0 Å². The Kier molecular flexibility index (Phi) is 4.26. The molecule has 0 aliphatic heterocycles. The molecule has 1 fully saturated rings. The molecule has 21 heavy (non-hydrogen) atoms. The van der Waals surface area contributed by atoms with E-state index in [4.69, 9.17) is 0 Å². The first-order valence-corrected chi connectivity index (χ1v) is 7.79. The monoisotopic (exact) mass is 281 g/mol. The van der Waals surface area contributed by atoms with Crippen LogP contribution in [0.3, 0.4) is 0 Å². The minimum atomic E-state index is 0.353. The second kappa shape index (κ2) is 6.31. The number of aromatic hydroxyl groups is 1. The summed E-state index contributed by atoms with van der Waals surface area (Å²) in [4.78, 5) is 0. The molecular weight excluding hydrogens is 258 g/mol. The third kappa shape index (κ3) is 3.85. The molecule has 0 saturated heterocycles. The molecule has 2 heteroatoms. The fraction of sp³-hybridized carbons (Fsp3) is 0.368. The van der Waals surface area contributed by atoms with E-state index in [9.17, 15) is 5.11 Å². The van der Waals surface area contributed by atoms with E-state index in [1.165, 1.54) is 29.5 Å². The van der Waals surface area contributed by atoms with Crippen molar-refractivity contribution in [1.29, 1.82) is 0 Å². The van der Waals surface area contributed by atoms with E-state index in [1.54, 1.807) is 6.07 Å². The highest BCUT2D eigenvalue weighted by Crippen LogP contribution is 2.27. The second-order valence-electron chi connectivity index (χ2n) is 6.11. The Morgan fingerprint density at radius 2 is 1.95 bits per heavy atom. The lowest BCUT2D eigenvalue weighted by Crippen LogP contribution is -2.25. The van der Waals surface area contributed by atoms with Crippen molar-refractivity contribution in [2.75, 3.05) is 6.54 Å². The molecule has 1 unspecified atom stereocenters. The average molecular weight is 281 g/mol. The van der Waals surface area contributed by atoms with E-state index in [0.29, 0.717) is 11.7 Å². The first-order chi connectivity index (χ1) is 10.2. The summed E-state index contributed by atoms with van der Waals surface area (Å²) in [6, 6.07) is 17.0. The Morgan fingerprint density at radius 1 is 1.14 bits per heavy atom. The summed E-state index contributed by atoms with van der Waals surface area (Å²) in [6.07, 6.45) is 3.58. The van der Waals surface area contributed by atoms with Gasteiger partial charge in [0.15, 0.2) is 0 Å². The number of aryl methyl sites for hydroxylation is 1. The fourth-order valence-electron chi connectivity index (χ4n) is 2.90. The number of phenolic OH excluding ortho intramolecular Hbond substituents is 1. The van der Waals surface area contributed by atoms with Crippen LogP contribution in [0.15, 0.2) is 48.5 Å². The number of phenols is 1. The first-order valence-electron chi connectivity index (χ1n) is 7.79. The van der Waals surface area contributed by atoms with Crippen molar-refractivity contribution in [2.24, 2.45) is 0 Å². The largest absolute Gasteiger partial charge is 0.508 e. The van der Waals surface area contributed by atoms with Gasteiger partial charge in [-0.3, -0.25) is 0 Å². The van der Waals surface area contributed by atoms with Crippen LogP contribution in [0, 0.1) is 6.92 Å². The molecule has 3 rings (SSSR count). The van der Waals surface area contributed by atoms with Crippen molar-refractivity contribution in [1.82, 2.24) is 5.32 Å². The molecule has 2 aromatic rings. The first kappa shape index (κ1) is 14.2. The lowest BCUT2D eigenvalue weighted by atomic mass is 9.89. The van der Waals surface area contributed by atoms with Crippen LogP contribution in [0.25, 0.3) is 0 Å². The van der Waals surface area contributed by atoms with Gasteiger partial charge >= 0.3 is 0 Å². The van der Waals surface area contributed by atoms with Crippen molar-refractivity contribution < 1.29 is 5.11 Å². The molecule has 1 aliphatic carbocycles. The highest BCUT2D eigenvalue weighted by Gasteiger charge is 2.23. The van der Waals surface area contributed by atoms with Crippen LogP contribution in [-0.4, -0.2) is 17.7 Å². The van der Waals surface area contributed by atoms with E-state index < -0.39 is 0 Å². The molecule has 0 spiro atoms. The Balaban J connectivity index is 1.79. The minimum absolute atomic E-state index is 0.353. The zero-order valence-electron chi connectivity index (χ0n) is 12.5. The SMILES string of the molecule is Cc1ccccc1C(CNC1CC1)Cc1cccc(O)c1. The molecule has 1 atom stereocenters. The third-order valence-corrected chi connectivity index (χ3v) is 4.25. The van der Waals surface area contributed by atoms with E-state index in [1.807, 2.05) is 12.1 Å². The third-order valence-electron chi connectivity index (χ3n) is 4.25. The summed E-state index contributed by atoms with van der Waals surface area (Å²) in [5, 5.41) is 13.3. The topological polar surface area (TPSA) is 32.3 Å². The van der Waals surface area contributed by atoms with Crippen LogP contribution in [0.2, 0.25) is 0 Å². The van der Waals surface area contributed by atoms with E-state index >= 15 is 0 Å². The molecule has 2 nitrogen and oxygen atoms in total. The highest BCUT2D eigenvalue weighted by atomic mass is 16.3. The Bertz CT molecular complexity index is 604. The molecule has 0 heterocycles. The number of hydrogen-bond acceptors (Lipinski definition) is 2. The number of nitrogens with one attached hydrogen (secondary N) is 1. The smallest absolute Gasteiger partial charge is 0.115 e. The summed E-state index contributed by atoms with van der Waals surface area (Å²) < 4.78 is 0. The van der Waals surface area contributed by atoms with Gasteiger partial charge < -0.3 is 10.4 Å². The van der Waals surface area contributed by atoms with Gasteiger partial charge in [-0.25, -0.2) is 0 Å². The van der Waals surface area contributed by atoms with Crippen LogP contribution < -0.4 is 5.32 Å². The van der Waals surface area contributed by atoms with Crippen LogP contribution in [0.1, 0.15) is 35.4 Å². The summed E-state index contributed by atoms with van der Waals surface area (Å²) in [5.74, 6) is 0.805. The zero-order valence-corrected chi connectivity index (χ0v) is 12.5. The summed E-state index contributed by atoms with van der Waals surface area (Å²) in [7, 11) is 0.